The van der Waals surface area contributed by atoms with Crippen LogP contribution in [0.15, 0.2) is 30.3 Å². The highest BCUT2D eigenvalue weighted by atomic mass is 16.3. The minimum absolute atomic E-state index is 0.134. The van der Waals surface area contributed by atoms with Crippen molar-refractivity contribution < 1.29 is 9.90 Å². The van der Waals surface area contributed by atoms with E-state index in [1.54, 1.807) is 18.7 Å². The van der Waals surface area contributed by atoms with Crippen molar-refractivity contribution in [2.45, 2.75) is 45.6 Å². The number of aliphatic hydroxyl groups is 1. The van der Waals surface area contributed by atoms with Crippen LogP contribution < -0.4 is 5.32 Å². The molecule has 0 radical (unpaired) electrons. The normalized spacial score (nSPS) is 12.1. The van der Waals surface area contributed by atoms with Gasteiger partial charge in [-0.15, -0.1) is 0 Å². The van der Waals surface area contributed by atoms with E-state index in [2.05, 4.69) is 31.3 Å². The predicted molar refractivity (Wildman–Crippen MR) is 86.4 cm³/mol. The molecule has 1 rings (SSSR count). The Labute approximate surface area is 128 Å². The van der Waals surface area contributed by atoms with E-state index >= 15 is 0 Å². The molecule has 118 valence electrons. The summed E-state index contributed by atoms with van der Waals surface area (Å²) in [4.78, 5) is 13.9. The van der Waals surface area contributed by atoms with E-state index in [4.69, 9.17) is 0 Å². The van der Waals surface area contributed by atoms with Crippen LogP contribution in [0.1, 0.15) is 40.2 Å². The largest absolute Gasteiger partial charge is 0.389 e. The molecule has 0 aromatic heterocycles. The van der Waals surface area contributed by atoms with Gasteiger partial charge in [0.25, 0.3) is 0 Å². The van der Waals surface area contributed by atoms with Crippen molar-refractivity contribution in [1.29, 1.82) is 0 Å². The Hall–Kier alpha value is -1.55. The van der Waals surface area contributed by atoms with Gasteiger partial charge in [0, 0.05) is 18.5 Å². The molecular formula is C17H28N2O2. The van der Waals surface area contributed by atoms with Crippen LogP contribution in [0.25, 0.3) is 0 Å². The Morgan fingerprint density at radius 2 is 1.76 bits per heavy atom. The summed E-state index contributed by atoms with van der Waals surface area (Å²) in [5.74, 6) is 0. The van der Waals surface area contributed by atoms with Gasteiger partial charge in [-0.05, 0) is 26.3 Å². The molecule has 0 spiro atoms. The van der Waals surface area contributed by atoms with Crippen LogP contribution in [-0.2, 0) is 5.41 Å². The number of likely N-dealkylation sites (N-methyl/N-ethyl adjacent to an activating group) is 1. The van der Waals surface area contributed by atoms with Crippen LogP contribution in [0.5, 0.6) is 0 Å². The Morgan fingerprint density at radius 3 is 2.24 bits per heavy atom. The Balaban J connectivity index is 2.63. The monoisotopic (exact) mass is 292 g/mol. The van der Waals surface area contributed by atoms with Crippen molar-refractivity contribution in [2.75, 3.05) is 19.6 Å². The molecule has 0 aliphatic heterocycles. The fourth-order valence-corrected chi connectivity index (χ4v) is 2.19. The van der Waals surface area contributed by atoms with Gasteiger partial charge in [0.15, 0.2) is 0 Å². The number of nitrogens with one attached hydrogen (secondary N) is 1. The summed E-state index contributed by atoms with van der Waals surface area (Å²) >= 11 is 0. The summed E-state index contributed by atoms with van der Waals surface area (Å²) in [5.41, 5.74) is 0.170. The Morgan fingerprint density at radius 1 is 1.19 bits per heavy atom. The summed E-state index contributed by atoms with van der Waals surface area (Å²) in [6.45, 7) is 11.0. The molecule has 1 aromatic carbocycles. The number of rotatable bonds is 6. The molecule has 4 heteroatoms. The van der Waals surface area contributed by atoms with Gasteiger partial charge in [-0.1, -0.05) is 44.2 Å². The quantitative estimate of drug-likeness (QED) is 0.847. The average molecular weight is 292 g/mol. The topological polar surface area (TPSA) is 52.6 Å². The second-order valence-corrected chi connectivity index (χ2v) is 6.74. The van der Waals surface area contributed by atoms with Crippen molar-refractivity contribution in [3.8, 4) is 0 Å². The van der Waals surface area contributed by atoms with Crippen molar-refractivity contribution in [3.63, 3.8) is 0 Å². The molecule has 0 saturated carbocycles. The first kappa shape index (κ1) is 17.5. The van der Waals surface area contributed by atoms with Crippen molar-refractivity contribution in [3.05, 3.63) is 35.9 Å². The van der Waals surface area contributed by atoms with Gasteiger partial charge in [-0.3, -0.25) is 0 Å². The first-order chi connectivity index (χ1) is 9.65. The fraction of sp³-hybridized carbons (Fsp3) is 0.588. The third-order valence-electron chi connectivity index (χ3n) is 3.48. The van der Waals surface area contributed by atoms with E-state index in [9.17, 15) is 9.90 Å². The predicted octanol–water partition coefficient (Wildman–Crippen LogP) is 2.77. The maximum Gasteiger partial charge on any atom is 0.317 e. The smallest absolute Gasteiger partial charge is 0.317 e. The number of carbonyl (C=O) groups excluding carboxylic acids is 1. The molecule has 2 N–H and O–H groups in total. The highest BCUT2D eigenvalue weighted by Gasteiger charge is 2.24. The number of hydrogen-bond acceptors (Lipinski definition) is 2. The summed E-state index contributed by atoms with van der Waals surface area (Å²) in [6.07, 6.45) is 0. The highest BCUT2D eigenvalue weighted by Crippen LogP contribution is 2.21. The number of hydrogen-bond donors (Lipinski definition) is 2. The number of amides is 2. The van der Waals surface area contributed by atoms with E-state index in [1.165, 1.54) is 5.56 Å². The van der Waals surface area contributed by atoms with Crippen LogP contribution in [0.4, 0.5) is 4.79 Å². The summed E-state index contributed by atoms with van der Waals surface area (Å²) in [7, 11) is 0. The fourth-order valence-electron chi connectivity index (χ4n) is 2.19. The van der Waals surface area contributed by atoms with E-state index in [-0.39, 0.29) is 11.4 Å². The zero-order valence-electron chi connectivity index (χ0n) is 13.8. The van der Waals surface area contributed by atoms with Gasteiger partial charge in [-0.25, -0.2) is 4.79 Å². The number of urea groups is 1. The number of nitrogens with zero attached hydrogens (tertiary/aromatic N) is 1. The minimum Gasteiger partial charge on any atom is -0.389 e. The third-order valence-corrected chi connectivity index (χ3v) is 3.48. The molecule has 0 heterocycles. The third kappa shape index (κ3) is 5.76. The molecule has 0 bridgehead atoms. The van der Waals surface area contributed by atoms with Crippen LogP contribution in [0.2, 0.25) is 0 Å². The Kier molecular flexibility index (Phi) is 5.78. The van der Waals surface area contributed by atoms with Crippen LogP contribution in [0, 0.1) is 0 Å². The van der Waals surface area contributed by atoms with Crippen LogP contribution in [-0.4, -0.2) is 41.3 Å². The number of benzene rings is 1. The summed E-state index contributed by atoms with van der Waals surface area (Å²) in [5, 5.41) is 12.8. The van der Waals surface area contributed by atoms with Gasteiger partial charge in [0.2, 0.25) is 0 Å². The molecule has 2 amide bonds. The van der Waals surface area contributed by atoms with Gasteiger partial charge < -0.3 is 15.3 Å². The zero-order valence-corrected chi connectivity index (χ0v) is 13.8. The van der Waals surface area contributed by atoms with E-state index in [0.29, 0.717) is 19.6 Å². The Bertz CT molecular complexity index is 450. The second kappa shape index (κ2) is 6.94. The standard InChI is InChI=1S/C17H28N2O2/c1-6-19(13-17(4,5)21)15(20)18-12-16(2,3)14-10-8-7-9-11-14/h7-11,21H,6,12-13H2,1-5H3,(H,18,20). The minimum atomic E-state index is -0.887. The van der Waals surface area contributed by atoms with Crippen LogP contribution >= 0.6 is 0 Å². The van der Waals surface area contributed by atoms with Crippen molar-refractivity contribution in [2.24, 2.45) is 0 Å². The molecular weight excluding hydrogens is 264 g/mol. The highest BCUT2D eigenvalue weighted by molar-refractivity contribution is 5.74. The second-order valence-electron chi connectivity index (χ2n) is 6.74. The number of carbonyl (C=O) groups is 1. The summed E-state index contributed by atoms with van der Waals surface area (Å²) < 4.78 is 0. The van der Waals surface area contributed by atoms with Crippen LogP contribution in [0.3, 0.4) is 0 Å². The summed E-state index contributed by atoms with van der Waals surface area (Å²) in [6, 6.07) is 10.0. The van der Waals surface area contributed by atoms with E-state index in [1.807, 2.05) is 25.1 Å². The molecule has 0 saturated heterocycles. The lowest BCUT2D eigenvalue weighted by atomic mass is 9.85. The lowest BCUT2D eigenvalue weighted by Gasteiger charge is -2.31. The lowest BCUT2D eigenvalue weighted by Crippen LogP contribution is -2.49. The van der Waals surface area contributed by atoms with Gasteiger partial charge in [-0.2, -0.15) is 0 Å². The molecule has 21 heavy (non-hydrogen) atoms. The average Bonchev–Trinajstić information content (AvgIpc) is 2.42. The van der Waals surface area contributed by atoms with E-state index in [0.717, 1.165) is 0 Å². The first-order valence-electron chi connectivity index (χ1n) is 7.46. The molecule has 0 fully saturated rings. The van der Waals surface area contributed by atoms with Gasteiger partial charge in [0.1, 0.15) is 0 Å². The molecule has 0 atom stereocenters. The molecule has 0 aliphatic rings. The lowest BCUT2D eigenvalue weighted by molar-refractivity contribution is 0.0478. The van der Waals surface area contributed by atoms with Crippen molar-refractivity contribution >= 4 is 6.03 Å². The van der Waals surface area contributed by atoms with E-state index < -0.39 is 5.60 Å². The zero-order chi connectivity index (χ0) is 16.1. The van der Waals surface area contributed by atoms with Crippen molar-refractivity contribution in [1.82, 2.24) is 10.2 Å². The SMILES string of the molecule is CCN(CC(C)(C)O)C(=O)NCC(C)(C)c1ccccc1. The molecule has 4 nitrogen and oxygen atoms in total. The maximum absolute atomic E-state index is 12.2. The maximum atomic E-state index is 12.2. The molecule has 0 unspecified atom stereocenters. The van der Waals surface area contributed by atoms with Gasteiger partial charge in [0.05, 0.1) is 12.1 Å². The molecule has 0 aliphatic carbocycles. The molecule has 1 aromatic rings. The first-order valence-corrected chi connectivity index (χ1v) is 7.46. The van der Waals surface area contributed by atoms with Gasteiger partial charge >= 0.3 is 6.03 Å².